The van der Waals surface area contributed by atoms with E-state index >= 15 is 0 Å². The van der Waals surface area contributed by atoms with Gasteiger partial charge in [-0.15, -0.1) is 0 Å². The molecule has 3 rings (SSSR count). The van der Waals surface area contributed by atoms with Crippen LogP contribution in [0.3, 0.4) is 0 Å². The van der Waals surface area contributed by atoms with E-state index in [1.54, 1.807) is 7.11 Å². The third kappa shape index (κ3) is 2.91. The summed E-state index contributed by atoms with van der Waals surface area (Å²) in [6.45, 7) is 3.10. The maximum Gasteiger partial charge on any atom is 0.138 e. The largest absolute Gasteiger partial charge is 0.495 e. The molecule has 116 valence electrons. The Morgan fingerprint density at radius 3 is 2.62 bits per heavy atom. The number of rotatable bonds is 5. The molecule has 2 aliphatic rings. The zero-order valence-corrected chi connectivity index (χ0v) is 14.2. The molecule has 2 saturated carbocycles. The molecular formula is C17H23Cl2NO. The second-order valence-corrected chi connectivity index (χ2v) is 7.20. The molecule has 1 N–H and O–H groups in total. The molecule has 2 bridgehead atoms. The zero-order chi connectivity index (χ0) is 15.0. The van der Waals surface area contributed by atoms with E-state index < -0.39 is 0 Å². The molecule has 2 aliphatic carbocycles. The summed E-state index contributed by atoms with van der Waals surface area (Å²) in [4.78, 5) is 0. The van der Waals surface area contributed by atoms with Crippen LogP contribution in [0, 0.1) is 17.8 Å². The van der Waals surface area contributed by atoms with Crippen molar-refractivity contribution in [1.82, 2.24) is 5.32 Å². The lowest BCUT2D eigenvalue weighted by Crippen LogP contribution is -2.31. The molecule has 4 atom stereocenters. The summed E-state index contributed by atoms with van der Waals surface area (Å²) in [5.74, 6) is 3.10. The fourth-order valence-corrected chi connectivity index (χ4v) is 4.87. The molecule has 1 aromatic carbocycles. The quantitative estimate of drug-likeness (QED) is 0.813. The standard InChI is InChI=1S/C17H23Cl2NO/c1-3-20-17(12-7-10-4-5-11(12)6-10)13-8-15(19)16(21-2)9-14(13)18/h8-12,17,20H,3-7H2,1-2H3. The molecule has 0 spiro atoms. The maximum absolute atomic E-state index is 6.51. The van der Waals surface area contributed by atoms with Crippen LogP contribution in [-0.2, 0) is 0 Å². The highest BCUT2D eigenvalue weighted by Crippen LogP contribution is 2.53. The topological polar surface area (TPSA) is 21.3 Å². The SMILES string of the molecule is CCNC(c1cc(Cl)c(OC)cc1Cl)C1CC2CCC1C2. The van der Waals surface area contributed by atoms with Crippen LogP contribution in [0.25, 0.3) is 0 Å². The van der Waals surface area contributed by atoms with Gasteiger partial charge in [0.2, 0.25) is 0 Å². The summed E-state index contributed by atoms with van der Waals surface area (Å²) in [5.41, 5.74) is 1.13. The van der Waals surface area contributed by atoms with Gasteiger partial charge in [0.05, 0.1) is 12.1 Å². The van der Waals surface area contributed by atoms with Gasteiger partial charge in [0.25, 0.3) is 0 Å². The van der Waals surface area contributed by atoms with E-state index in [0.29, 0.717) is 22.7 Å². The second-order valence-electron chi connectivity index (χ2n) is 6.38. The van der Waals surface area contributed by atoms with E-state index in [2.05, 4.69) is 12.2 Å². The summed E-state index contributed by atoms with van der Waals surface area (Å²) < 4.78 is 5.26. The van der Waals surface area contributed by atoms with Crippen LogP contribution in [-0.4, -0.2) is 13.7 Å². The number of hydrogen-bond donors (Lipinski definition) is 1. The molecule has 21 heavy (non-hydrogen) atoms. The van der Waals surface area contributed by atoms with Crippen molar-refractivity contribution in [3.63, 3.8) is 0 Å². The summed E-state index contributed by atoms with van der Waals surface area (Å²) in [6.07, 6.45) is 5.51. The van der Waals surface area contributed by atoms with Crippen LogP contribution in [0.5, 0.6) is 5.75 Å². The molecule has 0 amide bonds. The minimum Gasteiger partial charge on any atom is -0.495 e. The molecule has 0 aliphatic heterocycles. The number of methoxy groups -OCH3 is 1. The van der Waals surface area contributed by atoms with Gasteiger partial charge in [0, 0.05) is 17.1 Å². The average Bonchev–Trinajstić information content (AvgIpc) is 3.09. The highest BCUT2D eigenvalue weighted by Gasteiger charge is 2.43. The van der Waals surface area contributed by atoms with Gasteiger partial charge in [-0.25, -0.2) is 0 Å². The summed E-state index contributed by atoms with van der Waals surface area (Å²) >= 11 is 12.8. The normalized spacial score (nSPS) is 28.9. The Labute approximate surface area is 137 Å². The van der Waals surface area contributed by atoms with Gasteiger partial charge in [-0.05, 0) is 55.2 Å². The van der Waals surface area contributed by atoms with Gasteiger partial charge >= 0.3 is 0 Å². The van der Waals surface area contributed by atoms with E-state index in [4.69, 9.17) is 27.9 Å². The van der Waals surface area contributed by atoms with Crippen molar-refractivity contribution in [2.45, 2.75) is 38.6 Å². The number of benzene rings is 1. The van der Waals surface area contributed by atoms with Crippen molar-refractivity contribution in [2.75, 3.05) is 13.7 Å². The first-order valence-electron chi connectivity index (χ1n) is 7.90. The van der Waals surface area contributed by atoms with Crippen LogP contribution in [0.15, 0.2) is 12.1 Å². The highest BCUT2D eigenvalue weighted by molar-refractivity contribution is 6.34. The molecule has 4 heteroatoms. The fraction of sp³-hybridized carbons (Fsp3) is 0.647. The first-order valence-corrected chi connectivity index (χ1v) is 8.66. The van der Waals surface area contributed by atoms with Crippen LogP contribution < -0.4 is 10.1 Å². The summed E-state index contributed by atoms with van der Waals surface area (Å²) in [7, 11) is 1.62. The lowest BCUT2D eigenvalue weighted by atomic mass is 9.80. The van der Waals surface area contributed by atoms with Crippen molar-refractivity contribution in [1.29, 1.82) is 0 Å². The van der Waals surface area contributed by atoms with E-state index in [1.807, 2.05) is 12.1 Å². The lowest BCUT2D eigenvalue weighted by Gasteiger charge is -2.32. The lowest BCUT2D eigenvalue weighted by molar-refractivity contribution is 0.253. The minimum absolute atomic E-state index is 0.307. The van der Waals surface area contributed by atoms with Crippen LogP contribution in [0.4, 0.5) is 0 Å². The van der Waals surface area contributed by atoms with Gasteiger partial charge in [-0.3, -0.25) is 0 Å². The number of ether oxygens (including phenoxy) is 1. The molecule has 2 nitrogen and oxygen atoms in total. The van der Waals surface area contributed by atoms with Crippen LogP contribution in [0.1, 0.15) is 44.2 Å². The first kappa shape index (κ1) is 15.5. The third-order valence-corrected chi connectivity index (χ3v) is 5.87. The van der Waals surface area contributed by atoms with Crippen molar-refractivity contribution in [3.05, 3.63) is 27.7 Å². The van der Waals surface area contributed by atoms with Gasteiger partial charge < -0.3 is 10.1 Å². The molecule has 4 unspecified atom stereocenters. The van der Waals surface area contributed by atoms with Crippen molar-refractivity contribution in [2.24, 2.45) is 17.8 Å². The Hall–Kier alpha value is -0.440. The minimum atomic E-state index is 0.307. The summed E-state index contributed by atoms with van der Waals surface area (Å²) in [5, 5.41) is 5.04. The number of fused-ring (bicyclic) bond motifs is 2. The number of hydrogen-bond acceptors (Lipinski definition) is 2. The molecule has 2 fully saturated rings. The number of nitrogens with one attached hydrogen (secondary N) is 1. The average molecular weight is 328 g/mol. The van der Waals surface area contributed by atoms with Crippen molar-refractivity contribution in [3.8, 4) is 5.75 Å². The van der Waals surface area contributed by atoms with Crippen molar-refractivity contribution >= 4 is 23.2 Å². The highest BCUT2D eigenvalue weighted by atomic mass is 35.5. The van der Waals surface area contributed by atoms with E-state index in [1.165, 1.54) is 25.7 Å². The Kier molecular flexibility index (Phi) is 4.68. The number of halogens is 2. The Morgan fingerprint density at radius 2 is 2.05 bits per heavy atom. The smallest absolute Gasteiger partial charge is 0.138 e. The van der Waals surface area contributed by atoms with Crippen molar-refractivity contribution < 1.29 is 4.74 Å². The Morgan fingerprint density at radius 1 is 1.24 bits per heavy atom. The fourth-order valence-electron chi connectivity index (χ4n) is 4.35. The van der Waals surface area contributed by atoms with Crippen LogP contribution >= 0.6 is 23.2 Å². The van der Waals surface area contributed by atoms with Gasteiger partial charge in [-0.1, -0.05) is 36.5 Å². The monoisotopic (exact) mass is 327 g/mol. The van der Waals surface area contributed by atoms with Crippen LogP contribution in [0.2, 0.25) is 10.0 Å². The van der Waals surface area contributed by atoms with E-state index in [-0.39, 0.29) is 0 Å². The molecule has 0 radical (unpaired) electrons. The molecule has 0 aromatic heterocycles. The predicted octanol–water partition coefficient (Wildman–Crippen LogP) is 5.09. The van der Waals surface area contributed by atoms with E-state index in [0.717, 1.165) is 29.0 Å². The first-order chi connectivity index (χ1) is 10.1. The summed E-state index contributed by atoms with van der Waals surface area (Å²) in [6, 6.07) is 4.14. The molecular weight excluding hydrogens is 305 g/mol. The third-order valence-electron chi connectivity index (χ3n) is 5.25. The molecule has 0 heterocycles. The van der Waals surface area contributed by atoms with Gasteiger partial charge in [0.1, 0.15) is 5.75 Å². The zero-order valence-electron chi connectivity index (χ0n) is 12.7. The molecule has 1 aromatic rings. The predicted molar refractivity (Wildman–Crippen MR) is 88.4 cm³/mol. The molecule has 0 saturated heterocycles. The Balaban J connectivity index is 1.92. The van der Waals surface area contributed by atoms with E-state index in [9.17, 15) is 0 Å². The Bertz CT molecular complexity index is 520. The van der Waals surface area contributed by atoms with Gasteiger partial charge in [0.15, 0.2) is 0 Å². The second kappa shape index (κ2) is 6.36. The maximum atomic E-state index is 6.51. The van der Waals surface area contributed by atoms with Gasteiger partial charge in [-0.2, -0.15) is 0 Å².